The Balaban J connectivity index is 2.89. The lowest BCUT2D eigenvalue weighted by molar-refractivity contribution is 0.0847. The maximum atomic E-state index is 8.82. The summed E-state index contributed by atoms with van der Waals surface area (Å²) in [6.07, 6.45) is 1.62. The van der Waals surface area contributed by atoms with E-state index in [0.29, 0.717) is 13.0 Å². The summed E-state index contributed by atoms with van der Waals surface area (Å²) in [6.45, 7) is 0.366. The number of hydrogen-bond donors (Lipinski definition) is 4. The van der Waals surface area contributed by atoms with Crippen molar-refractivity contribution in [1.29, 1.82) is 0 Å². The molecule has 0 rings (SSSR count). The van der Waals surface area contributed by atoms with Crippen molar-refractivity contribution in [1.82, 2.24) is 5.48 Å². The molecule has 0 aromatic rings. The number of unbranched alkanes of at least 4 members (excludes halogenated alkanes) is 1. The molecule has 0 radical (unpaired) electrons. The summed E-state index contributed by atoms with van der Waals surface area (Å²) in [5.41, 5.74) is 2.02. The lowest BCUT2D eigenvalue weighted by Crippen LogP contribution is -2.13. The van der Waals surface area contributed by atoms with Crippen molar-refractivity contribution in [2.75, 3.05) is 13.2 Å². The van der Waals surface area contributed by atoms with Crippen LogP contribution in [-0.2, 0) is 0 Å². The van der Waals surface area contributed by atoms with Crippen molar-refractivity contribution in [3.05, 3.63) is 0 Å². The van der Waals surface area contributed by atoms with Crippen molar-refractivity contribution >= 4 is 0 Å². The van der Waals surface area contributed by atoms with E-state index < -0.39 is 6.10 Å². The monoisotopic (exact) mass is 149 g/mol. The highest BCUT2D eigenvalue weighted by Gasteiger charge is 1.99. The van der Waals surface area contributed by atoms with E-state index in [4.69, 9.17) is 15.4 Å². The number of hydrogen-bond acceptors (Lipinski definition) is 4. The van der Waals surface area contributed by atoms with Gasteiger partial charge in [-0.1, -0.05) is 0 Å². The van der Waals surface area contributed by atoms with Gasteiger partial charge in [-0.05, 0) is 19.3 Å². The van der Waals surface area contributed by atoms with Gasteiger partial charge in [0.25, 0.3) is 0 Å². The molecule has 10 heavy (non-hydrogen) atoms. The molecule has 4 nitrogen and oxygen atoms in total. The van der Waals surface area contributed by atoms with Crippen LogP contribution in [0.2, 0.25) is 0 Å². The zero-order chi connectivity index (χ0) is 7.82. The predicted molar refractivity (Wildman–Crippen MR) is 36.7 cm³/mol. The molecule has 0 aliphatic carbocycles. The molecule has 0 spiro atoms. The van der Waals surface area contributed by atoms with Gasteiger partial charge in [-0.25, -0.2) is 5.48 Å². The molecule has 62 valence electrons. The van der Waals surface area contributed by atoms with E-state index in [-0.39, 0.29) is 6.61 Å². The van der Waals surface area contributed by atoms with Gasteiger partial charge in [0.05, 0.1) is 12.7 Å². The molecular formula is C6H15NO3. The topological polar surface area (TPSA) is 72.7 Å². The van der Waals surface area contributed by atoms with Gasteiger partial charge < -0.3 is 15.4 Å². The van der Waals surface area contributed by atoms with Gasteiger partial charge in [0, 0.05) is 6.54 Å². The van der Waals surface area contributed by atoms with Crippen molar-refractivity contribution in [3.8, 4) is 0 Å². The minimum atomic E-state index is -0.598. The van der Waals surface area contributed by atoms with Crippen LogP contribution in [0.25, 0.3) is 0 Å². The van der Waals surface area contributed by atoms with Crippen LogP contribution >= 0.6 is 0 Å². The molecule has 4 heteroatoms. The molecule has 0 saturated heterocycles. The molecule has 0 aromatic carbocycles. The average molecular weight is 149 g/mol. The Morgan fingerprint density at radius 1 is 1.30 bits per heavy atom. The highest BCUT2D eigenvalue weighted by Crippen LogP contribution is 1.98. The van der Waals surface area contributed by atoms with Gasteiger partial charge >= 0.3 is 0 Å². The Bertz CT molecular complexity index is 70.0. The van der Waals surface area contributed by atoms with E-state index in [1.54, 1.807) is 0 Å². The number of aliphatic hydroxyl groups excluding tert-OH is 2. The first-order valence-electron chi connectivity index (χ1n) is 3.47. The molecule has 4 N–H and O–H groups in total. The van der Waals surface area contributed by atoms with Crippen LogP contribution in [0.1, 0.15) is 19.3 Å². The quantitative estimate of drug-likeness (QED) is 0.303. The first-order valence-corrected chi connectivity index (χ1v) is 3.47. The van der Waals surface area contributed by atoms with Crippen LogP contribution < -0.4 is 5.48 Å². The lowest BCUT2D eigenvalue weighted by atomic mass is 10.2. The molecule has 0 amide bonds. The van der Waals surface area contributed by atoms with E-state index in [9.17, 15) is 0 Å². The van der Waals surface area contributed by atoms with Gasteiger partial charge in [-0.3, -0.25) is 0 Å². The summed E-state index contributed by atoms with van der Waals surface area (Å²) < 4.78 is 0. The van der Waals surface area contributed by atoms with Gasteiger partial charge in [-0.2, -0.15) is 0 Å². The molecule has 0 aliphatic heterocycles. The zero-order valence-electron chi connectivity index (χ0n) is 5.95. The normalized spacial score (nSPS) is 13.5. The maximum absolute atomic E-state index is 8.82. The van der Waals surface area contributed by atoms with Crippen molar-refractivity contribution in [2.45, 2.75) is 25.4 Å². The highest BCUT2D eigenvalue weighted by molar-refractivity contribution is 4.52. The molecular weight excluding hydrogens is 134 g/mol. The Labute approximate surface area is 60.5 Å². The van der Waals surface area contributed by atoms with Crippen molar-refractivity contribution in [3.63, 3.8) is 0 Å². The lowest BCUT2D eigenvalue weighted by Gasteiger charge is -2.04. The molecule has 0 saturated carbocycles. The van der Waals surface area contributed by atoms with Crippen molar-refractivity contribution < 1.29 is 15.4 Å². The fourth-order valence-corrected chi connectivity index (χ4v) is 0.675. The summed E-state index contributed by atoms with van der Waals surface area (Å²) in [6, 6.07) is 0. The van der Waals surface area contributed by atoms with Crippen LogP contribution in [0.5, 0.6) is 0 Å². The minimum absolute atomic E-state index is 0.174. The van der Waals surface area contributed by atoms with Gasteiger partial charge in [0.2, 0.25) is 0 Å². The number of rotatable bonds is 6. The second-order valence-electron chi connectivity index (χ2n) is 2.24. The zero-order valence-corrected chi connectivity index (χ0v) is 5.95. The predicted octanol–water partition coefficient (Wildman–Crippen LogP) is -0.511. The average Bonchev–Trinajstić information content (AvgIpc) is 1.98. The SMILES string of the molecule is OCC(O)CCCCNO. The largest absolute Gasteiger partial charge is 0.394 e. The summed E-state index contributed by atoms with van der Waals surface area (Å²) in [5, 5.41) is 25.3. The fourth-order valence-electron chi connectivity index (χ4n) is 0.675. The molecule has 0 heterocycles. The van der Waals surface area contributed by atoms with Crippen LogP contribution in [0.3, 0.4) is 0 Å². The highest BCUT2D eigenvalue weighted by atomic mass is 16.5. The van der Waals surface area contributed by atoms with Crippen LogP contribution in [0.4, 0.5) is 0 Å². The Kier molecular flexibility index (Phi) is 6.84. The van der Waals surface area contributed by atoms with E-state index in [2.05, 4.69) is 0 Å². The second-order valence-corrected chi connectivity index (χ2v) is 2.24. The molecule has 1 atom stereocenters. The Morgan fingerprint density at radius 3 is 2.50 bits per heavy atom. The number of nitrogens with one attached hydrogen (secondary N) is 1. The van der Waals surface area contributed by atoms with E-state index >= 15 is 0 Å². The van der Waals surface area contributed by atoms with Crippen LogP contribution in [-0.4, -0.2) is 34.7 Å². The third kappa shape index (κ3) is 5.97. The van der Waals surface area contributed by atoms with E-state index in [1.807, 2.05) is 5.48 Å². The van der Waals surface area contributed by atoms with E-state index in [0.717, 1.165) is 12.8 Å². The van der Waals surface area contributed by atoms with Crippen molar-refractivity contribution in [2.24, 2.45) is 0 Å². The third-order valence-electron chi connectivity index (χ3n) is 1.29. The number of aliphatic hydroxyl groups is 2. The molecule has 0 fully saturated rings. The first kappa shape index (κ1) is 9.84. The molecule has 0 aliphatic rings. The first-order chi connectivity index (χ1) is 4.81. The van der Waals surface area contributed by atoms with Gasteiger partial charge in [0.1, 0.15) is 0 Å². The molecule has 0 bridgehead atoms. The van der Waals surface area contributed by atoms with Crippen LogP contribution in [0, 0.1) is 0 Å². The number of hydroxylamine groups is 1. The summed E-state index contributed by atoms with van der Waals surface area (Å²) in [4.78, 5) is 0. The molecule has 0 aromatic heterocycles. The second kappa shape index (κ2) is 6.95. The van der Waals surface area contributed by atoms with E-state index in [1.165, 1.54) is 0 Å². The summed E-state index contributed by atoms with van der Waals surface area (Å²) in [7, 11) is 0. The van der Waals surface area contributed by atoms with Crippen LogP contribution in [0.15, 0.2) is 0 Å². The summed E-state index contributed by atoms with van der Waals surface area (Å²) >= 11 is 0. The minimum Gasteiger partial charge on any atom is -0.394 e. The summed E-state index contributed by atoms with van der Waals surface area (Å²) in [5.74, 6) is 0. The van der Waals surface area contributed by atoms with Gasteiger partial charge in [0.15, 0.2) is 0 Å². The van der Waals surface area contributed by atoms with Gasteiger partial charge in [-0.15, -0.1) is 0 Å². The smallest absolute Gasteiger partial charge is 0.0770 e. The molecule has 1 unspecified atom stereocenters. The Hall–Kier alpha value is -0.160. The fraction of sp³-hybridized carbons (Fsp3) is 1.00. The third-order valence-corrected chi connectivity index (χ3v) is 1.29. The maximum Gasteiger partial charge on any atom is 0.0770 e. The Morgan fingerprint density at radius 2 is 2.00 bits per heavy atom. The standard InChI is InChI=1S/C6H15NO3/c8-5-6(9)3-1-2-4-7-10/h6-10H,1-5H2.